The Morgan fingerprint density at radius 2 is 1.70 bits per heavy atom. The molecule has 0 aromatic heterocycles. The summed E-state index contributed by atoms with van der Waals surface area (Å²) in [4.78, 5) is 12.0. The molecule has 0 atom stereocenters. The van der Waals surface area contributed by atoms with Crippen LogP contribution in [0.25, 0.3) is 5.76 Å². The molecule has 0 unspecified atom stereocenters. The van der Waals surface area contributed by atoms with E-state index < -0.39 is 8.32 Å². The second-order valence-corrected chi connectivity index (χ2v) is 10.2. The molecule has 0 fully saturated rings. The topological polar surface area (TPSA) is 35.5 Å². The maximum Gasteiger partial charge on any atom is 0.337 e. The van der Waals surface area contributed by atoms with Gasteiger partial charge in [0.2, 0.25) is 8.32 Å². The van der Waals surface area contributed by atoms with Crippen molar-refractivity contribution in [3.8, 4) is 0 Å². The van der Waals surface area contributed by atoms with Crippen molar-refractivity contribution in [1.29, 1.82) is 0 Å². The van der Waals surface area contributed by atoms with Crippen molar-refractivity contribution in [2.75, 3.05) is 6.61 Å². The van der Waals surface area contributed by atoms with E-state index in [9.17, 15) is 4.79 Å². The Morgan fingerprint density at radius 1 is 1.15 bits per heavy atom. The summed E-state index contributed by atoms with van der Waals surface area (Å²) in [7, 11) is -1.81. The van der Waals surface area contributed by atoms with Crippen LogP contribution in [-0.4, -0.2) is 20.9 Å². The van der Waals surface area contributed by atoms with Crippen molar-refractivity contribution in [2.24, 2.45) is 0 Å². The average Bonchev–Trinajstić information content (AvgIpc) is 2.35. The lowest BCUT2D eigenvalue weighted by Gasteiger charge is -2.23. The van der Waals surface area contributed by atoms with Gasteiger partial charge in [-0.25, -0.2) is 4.79 Å². The summed E-state index contributed by atoms with van der Waals surface area (Å²) < 4.78 is 11.2. The summed E-state index contributed by atoms with van der Waals surface area (Å²) >= 11 is 0. The van der Waals surface area contributed by atoms with Gasteiger partial charge in [0.05, 0.1) is 12.2 Å². The zero-order valence-corrected chi connectivity index (χ0v) is 14.2. The van der Waals surface area contributed by atoms with Crippen molar-refractivity contribution in [2.45, 2.75) is 40.4 Å². The molecule has 110 valence electrons. The first kappa shape index (κ1) is 16.5. The summed E-state index contributed by atoms with van der Waals surface area (Å²) in [6, 6.07) is 7.99. The lowest BCUT2D eigenvalue weighted by molar-refractivity contribution is -0.138. The number of rotatable bonds is 5. The standard InChI is InChI=1S/C16H24O3Si/c1-7-18-16(17)13(3)15(19-20(4,5)6)14-10-8-12(2)9-11-14/h8-11H,7H2,1-6H3/b15-13+. The van der Waals surface area contributed by atoms with Gasteiger partial charge in [-0.2, -0.15) is 0 Å². The first-order valence-corrected chi connectivity index (χ1v) is 10.3. The smallest absolute Gasteiger partial charge is 0.337 e. The molecule has 4 heteroatoms. The maximum atomic E-state index is 12.0. The summed E-state index contributed by atoms with van der Waals surface area (Å²) in [5.41, 5.74) is 2.62. The van der Waals surface area contributed by atoms with Crippen LogP contribution in [0.4, 0.5) is 0 Å². The van der Waals surface area contributed by atoms with Gasteiger partial charge in [-0.05, 0) is 40.4 Å². The molecule has 0 saturated carbocycles. The molecule has 3 nitrogen and oxygen atoms in total. The average molecular weight is 292 g/mol. The second kappa shape index (κ2) is 6.75. The van der Waals surface area contributed by atoms with Gasteiger partial charge in [0.25, 0.3) is 0 Å². The molecule has 0 radical (unpaired) electrons. The van der Waals surface area contributed by atoms with Crippen LogP contribution >= 0.6 is 0 Å². The Labute approximate surface area is 122 Å². The van der Waals surface area contributed by atoms with E-state index in [1.165, 1.54) is 5.56 Å². The van der Waals surface area contributed by atoms with Crippen LogP contribution in [-0.2, 0) is 14.0 Å². The number of hydrogen-bond donors (Lipinski definition) is 0. The molecule has 0 amide bonds. The van der Waals surface area contributed by atoms with Gasteiger partial charge in [0, 0.05) is 5.56 Å². The van der Waals surface area contributed by atoms with Crippen molar-refractivity contribution in [3.05, 3.63) is 41.0 Å². The van der Waals surface area contributed by atoms with E-state index in [4.69, 9.17) is 9.16 Å². The normalized spacial score (nSPS) is 12.7. The van der Waals surface area contributed by atoms with E-state index in [2.05, 4.69) is 19.6 Å². The number of ether oxygens (including phenoxy) is 1. The van der Waals surface area contributed by atoms with Gasteiger partial charge < -0.3 is 9.16 Å². The van der Waals surface area contributed by atoms with E-state index in [0.717, 1.165) is 5.56 Å². The van der Waals surface area contributed by atoms with E-state index >= 15 is 0 Å². The van der Waals surface area contributed by atoms with Crippen LogP contribution in [0.5, 0.6) is 0 Å². The Morgan fingerprint density at radius 3 is 2.15 bits per heavy atom. The van der Waals surface area contributed by atoms with Gasteiger partial charge in [0.1, 0.15) is 5.76 Å². The fourth-order valence-corrected chi connectivity index (χ4v) is 2.58. The molecule has 0 spiro atoms. The summed E-state index contributed by atoms with van der Waals surface area (Å²) in [6.07, 6.45) is 0. The molecular weight excluding hydrogens is 268 g/mol. The highest BCUT2D eigenvalue weighted by Gasteiger charge is 2.23. The second-order valence-electron chi connectivity index (χ2n) is 5.76. The predicted molar refractivity (Wildman–Crippen MR) is 84.8 cm³/mol. The van der Waals surface area contributed by atoms with Crippen LogP contribution in [0.1, 0.15) is 25.0 Å². The van der Waals surface area contributed by atoms with Crippen LogP contribution in [0, 0.1) is 6.92 Å². The third kappa shape index (κ3) is 4.85. The quantitative estimate of drug-likeness (QED) is 0.354. The lowest BCUT2D eigenvalue weighted by atomic mass is 10.1. The molecule has 1 aromatic rings. The van der Waals surface area contributed by atoms with Crippen LogP contribution in [0.3, 0.4) is 0 Å². The van der Waals surface area contributed by atoms with Crippen molar-refractivity contribution >= 4 is 20.0 Å². The molecule has 0 saturated heterocycles. The third-order valence-electron chi connectivity index (χ3n) is 2.64. The molecule has 0 N–H and O–H groups in total. The largest absolute Gasteiger partial charge is 0.544 e. The number of carbonyl (C=O) groups excluding carboxylic acids is 1. The minimum Gasteiger partial charge on any atom is -0.544 e. The molecule has 0 aliphatic heterocycles. The third-order valence-corrected chi connectivity index (χ3v) is 3.46. The molecule has 1 aromatic carbocycles. The Hall–Kier alpha value is -1.55. The van der Waals surface area contributed by atoms with Crippen molar-refractivity contribution < 1.29 is 14.0 Å². The molecule has 0 bridgehead atoms. The Bertz CT molecular complexity index is 495. The van der Waals surface area contributed by atoms with Crippen molar-refractivity contribution in [3.63, 3.8) is 0 Å². The van der Waals surface area contributed by atoms with Crippen molar-refractivity contribution in [1.82, 2.24) is 0 Å². The van der Waals surface area contributed by atoms with E-state index in [0.29, 0.717) is 17.9 Å². The van der Waals surface area contributed by atoms with E-state index in [1.807, 2.05) is 31.2 Å². The first-order valence-electron chi connectivity index (χ1n) is 6.88. The van der Waals surface area contributed by atoms with Crippen LogP contribution in [0.2, 0.25) is 19.6 Å². The molecule has 20 heavy (non-hydrogen) atoms. The SMILES string of the molecule is CCOC(=O)/C(C)=C(/O[Si](C)(C)C)c1ccc(C)cc1. The Balaban J connectivity index is 3.24. The monoisotopic (exact) mass is 292 g/mol. The van der Waals surface area contributed by atoms with E-state index in [-0.39, 0.29) is 5.97 Å². The summed E-state index contributed by atoms with van der Waals surface area (Å²) in [5.74, 6) is 0.323. The predicted octanol–water partition coefficient (Wildman–Crippen LogP) is 4.14. The highest BCUT2D eigenvalue weighted by Crippen LogP contribution is 2.25. The lowest BCUT2D eigenvalue weighted by Crippen LogP contribution is -2.25. The molecule has 0 aliphatic carbocycles. The molecular formula is C16H24O3Si. The minimum absolute atomic E-state index is 0.318. The number of hydrogen-bond acceptors (Lipinski definition) is 3. The summed E-state index contributed by atoms with van der Waals surface area (Å²) in [6.45, 7) is 12.2. The maximum absolute atomic E-state index is 12.0. The highest BCUT2D eigenvalue weighted by atomic mass is 28.4. The number of carbonyl (C=O) groups is 1. The first-order chi connectivity index (χ1) is 9.24. The summed E-state index contributed by atoms with van der Waals surface area (Å²) in [5, 5.41) is 0. The van der Waals surface area contributed by atoms with Gasteiger partial charge >= 0.3 is 5.97 Å². The van der Waals surface area contributed by atoms with Crippen LogP contribution in [0.15, 0.2) is 29.8 Å². The fourth-order valence-electron chi connectivity index (χ4n) is 1.70. The minimum atomic E-state index is -1.81. The van der Waals surface area contributed by atoms with Gasteiger partial charge in [-0.15, -0.1) is 0 Å². The zero-order chi connectivity index (χ0) is 15.3. The molecule has 1 rings (SSSR count). The van der Waals surface area contributed by atoms with Gasteiger partial charge in [-0.3, -0.25) is 0 Å². The number of aryl methyl sites for hydroxylation is 1. The Kier molecular flexibility index (Phi) is 5.57. The number of benzene rings is 1. The molecule has 0 aliphatic rings. The zero-order valence-electron chi connectivity index (χ0n) is 13.2. The fraction of sp³-hybridized carbons (Fsp3) is 0.438. The van der Waals surface area contributed by atoms with Gasteiger partial charge in [-0.1, -0.05) is 29.8 Å². The van der Waals surface area contributed by atoms with Crippen LogP contribution < -0.4 is 0 Å². The number of esters is 1. The van der Waals surface area contributed by atoms with Gasteiger partial charge in [0.15, 0.2) is 0 Å². The van der Waals surface area contributed by atoms with E-state index in [1.54, 1.807) is 13.8 Å². The highest BCUT2D eigenvalue weighted by molar-refractivity contribution is 6.70. The molecule has 0 heterocycles.